The lowest BCUT2D eigenvalue weighted by Crippen LogP contribution is -1.54. The van der Waals surface area contributed by atoms with E-state index in [1.807, 2.05) is 13.8 Å². The third kappa shape index (κ3) is 11.2. The van der Waals surface area contributed by atoms with Gasteiger partial charge in [-0.15, -0.1) is 12.6 Å². The van der Waals surface area contributed by atoms with Crippen LogP contribution in [0.15, 0.2) is 28.8 Å². The molecule has 1 nitrogen and oxygen atoms in total. The van der Waals surface area contributed by atoms with Crippen LogP contribution in [0.25, 0.3) is 0 Å². The molecule has 0 aliphatic heterocycles. The first-order valence-corrected chi connectivity index (χ1v) is 3.23. The molecule has 0 aromatic heterocycles. The first-order chi connectivity index (χ1) is 4.31. The Morgan fingerprint density at radius 3 is 2.11 bits per heavy atom. The molecule has 0 aromatic rings. The fraction of sp³-hybridized carbons (Fsp3) is 0.286. The molecule has 0 rings (SSSR count). The smallest absolute Gasteiger partial charge is 0.0393 e. The molecule has 52 valence electrons. The Balaban J connectivity index is 0. The van der Waals surface area contributed by atoms with Gasteiger partial charge in [0.25, 0.3) is 0 Å². The lowest BCUT2D eigenvalue weighted by atomic mass is 10.6. The highest BCUT2D eigenvalue weighted by Crippen LogP contribution is 1.98. The topological polar surface area (TPSA) is 12.4 Å². The average Bonchev–Trinajstić information content (AvgIpc) is 1.93. The Hall–Kier alpha value is -0.500. The van der Waals surface area contributed by atoms with Gasteiger partial charge < -0.3 is 0 Å². The summed E-state index contributed by atoms with van der Waals surface area (Å²) in [5.41, 5.74) is 0. The van der Waals surface area contributed by atoms with E-state index in [9.17, 15) is 0 Å². The van der Waals surface area contributed by atoms with Gasteiger partial charge in [0, 0.05) is 11.1 Å². The molecule has 0 heterocycles. The van der Waals surface area contributed by atoms with Crippen molar-refractivity contribution < 1.29 is 0 Å². The van der Waals surface area contributed by atoms with Crippen molar-refractivity contribution in [2.24, 2.45) is 4.99 Å². The highest BCUT2D eigenvalue weighted by atomic mass is 32.1. The van der Waals surface area contributed by atoms with Gasteiger partial charge in [-0.1, -0.05) is 26.5 Å². The molecule has 0 amide bonds. The van der Waals surface area contributed by atoms with Crippen LogP contribution in [-0.2, 0) is 0 Å². The third-order valence-corrected chi connectivity index (χ3v) is 0.731. The summed E-state index contributed by atoms with van der Waals surface area (Å²) in [4.78, 5) is 4.18. The molecule has 0 aliphatic rings. The molecular formula is C7H13NS. The molecule has 2 heteroatoms. The number of thiol groups is 1. The summed E-state index contributed by atoms with van der Waals surface area (Å²) in [6.07, 6.45) is 3.12. The fourth-order valence-electron chi connectivity index (χ4n) is 0.146. The van der Waals surface area contributed by atoms with Gasteiger partial charge in [0.1, 0.15) is 0 Å². The van der Waals surface area contributed by atoms with Gasteiger partial charge in [0.05, 0.1) is 0 Å². The molecule has 0 spiro atoms. The molecule has 0 bridgehead atoms. The van der Waals surface area contributed by atoms with Gasteiger partial charge in [-0.2, -0.15) is 0 Å². The zero-order valence-corrected chi connectivity index (χ0v) is 6.86. The summed E-state index contributed by atoms with van der Waals surface area (Å²) < 4.78 is 0. The molecule has 9 heavy (non-hydrogen) atoms. The number of hydrogen-bond donors (Lipinski definition) is 1. The van der Waals surface area contributed by atoms with Crippen LogP contribution in [0.3, 0.4) is 0 Å². The minimum atomic E-state index is 0.731. The molecule has 0 aliphatic carbocycles. The van der Waals surface area contributed by atoms with Crippen LogP contribution in [0.4, 0.5) is 0 Å². The molecule has 0 N–H and O–H groups in total. The van der Waals surface area contributed by atoms with Crippen molar-refractivity contribution in [3.05, 3.63) is 23.8 Å². The van der Waals surface area contributed by atoms with Crippen LogP contribution in [0.1, 0.15) is 13.8 Å². The molecule has 0 radical (unpaired) electrons. The van der Waals surface area contributed by atoms with Crippen molar-refractivity contribution in [1.82, 2.24) is 0 Å². The highest BCUT2D eigenvalue weighted by molar-refractivity contribution is 7.84. The minimum Gasteiger partial charge on any atom is -0.271 e. The van der Waals surface area contributed by atoms with E-state index in [0.717, 1.165) is 4.91 Å². The molecule has 0 atom stereocenters. The van der Waals surface area contributed by atoms with E-state index in [-0.39, 0.29) is 0 Å². The second-order valence-electron chi connectivity index (χ2n) is 0.941. The Bertz CT molecular complexity index is 105. The lowest BCUT2D eigenvalue weighted by molar-refractivity contribution is 1.50. The number of nitrogens with zero attached hydrogens (tertiary/aromatic N) is 1. The van der Waals surface area contributed by atoms with Crippen molar-refractivity contribution in [1.29, 1.82) is 0 Å². The maximum atomic E-state index is 3.92. The molecule has 0 saturated carbocycles. The zero-order valence-electron chi connectivity index (χ0n) is 5.96. The van der Waals surface area contributed by atoms with E-state index in [4.69, 9.17) is 0 Å². The Kier molecular flexibility index (Phi) is 13.2. The van der Waals surface area contributed by atoms with E-state index < -0.39 is 0 Å². The average molecular weight is 143 g/mol. The van der Waals surface area contributed by atoms with E-state index in [2.05, 4.69) is 30.9 Å². The second kappa shape index (κ2) is 10.5. The van der Waals surface area contributed by atoms with Crippen molar-refractivity contribution >= 4 is 19.3 Å². The highest BCUT2D eigenvalue weighted by Gasteiger charge is 1.71. The van der Waals surface area contributed by atoms with Gasteiger partial charge in [0.15, 0.2) is 0 Å². The summed E-state index contributed by atoms with van der Waals surface area (Å²) in [6.45, 7) is 10.7. The Labute approximate surface area is 62.6 Å². The van der Waals surface area contributed by atoms with Crippen molar-refractivity contribution in [2.75, 3.05) is 0 Å². The van der Waals surface area contributed by atoms with Crippen LogP contribution in [0, 0.1) is 0 Å². The second-order valence-corrected chi connectivity index (χ2v) is 1.46. The summed E-state index contributed by atoms with van der Waals surface area (Å²) in [5.74, 6) is 0. The lowest BCUT2D eigenvalue weighted by Gasteiger charge is -1.78. The summed E-state index contributed by atoms with van der Waals surface area (Å²) in [6, 6.07) is 0. The number of aliphatic imine (C=N–C) groups is 1. The SMILES string of the molecule is C=C/C(S)=C\N=C.CC. The monoisotopic (exact) mass is 143 g/mol. The van der Waals surface area contributed by atoms with Crippen molar-refractivity contribution in [3.8, 4) is 0 Å². The van der Waals surface area contributed by atoms with Crippen LogP contribution >= 0.6 is 12.6 Å². The fourth-order valence-corrected chi connectivity index (χ4v) is 0.228. The Morgan fingerprint density at radius 2 is 2.00 bits per heavy atom. The largest absolute Gasteiger partial charge is 0.271 e. The van der Waals surface area contributed by atoms with E-state index in [0.29, 0.717) is 0 Å². The van der Waals surface area contributed by atoms with E-state index in [1.54, 1.807) is 6.08 Å². The van der Waals surface area contributed by atoms with Gasteiger partial charge in [0.2, 0.25) is 0 Å². The van der Waals surface area contributed by atoms with Crippen LogP contribution in [0.5, 0.6) is 0 Å². The molecule has 0 fully saturated rings. The minimum absolute atomic E-state index is 0.731. The summed E-state index contributed by atoms with van der Waals surface area (Å²) in [7, 11) is 0. The Morgan fingerprint density at radius 1 is 1.56 bits per heavy atom. The van der Waals surface area contributed by atoms with E-state index in [1.165, 1.54) is 6.20 Å². The van der Waals surface area contributed by atoms with Crippen LogP contribution < -0.4 is 0 Å². The zero-order chi connectivity index (χ0) is 7.70. The van der Waals surface area contributed by atoms with Crippen LogP contribution in [0.2, 0.25) is 0 Å². The predicted molar refractivity (Wildman–Crippen MR) is 48.2 cm³/mol. The van der Waals surface area contributed by atoms with Gasteiger partial charge in [-0.3, -0.25) is 4.99 Å². The van der Waals surface area contributed by atoms with E-state index >= 15 is 0 Å². The van der Waals surface area contributed by atoms with Crippen molar-refractivity contribution in [2.45, 2.75) is 13.8 Å². The molecular weight excluding hydrogens is 130 g/mol. The summed E-state index contributed by atoms with van der Waals surface area (Å²) in [5, 5.41) is 0. The number of rotatable bonds is 2. The van der Waals surface area contributed by atoms with Crippen LogP contribution in [-0.4, -0.2) is 6.72 Å². The summed E-state index contributed by atoms with van der Waals surface area (Å²) >= 11 is 3.92. The van der Waals surface area contributed by atoms with Gasteiger partial charge in [-0.05, 0) is 6.72 Å². The molecule has 0 saturated heterocycles. The standard InChI is InChI=1S/C5H7NS.C2H6/c1-3-5(7)4-6-2;1-2/h3-4,7H,1-2H2;1-2H3/b5-4+;. The quantitative estimate of drug-likeness (QED) is 0.346. The first kappa shape index (κ1) is 11.3. The normalized spacial score (nSPS) is 9.00. The first-order valence-electron chi connectivity index (χ1n) is 2.78. The maximum absolute atomic E-state index is 3.92. The van der Waals surface area contributed by atoms with Crippen molar-refractivity contribution in [3.63, 3.8) is 0 Å². The molecule has 0 aromatic carbocycles. The van der Waals surface area contributed by atoms with Gasteiger partial charge in [-0.25, -0.2) is 0 Å². The maximum Gasteiger partial charge on any atom is 0.0393 e. The number of allylic oxidation sites excluding steroid dienone is 1. The molecule has 0 unspecified atom stereocenters. The number of hydrogen-bond acceptors (Lipinski definition) is 2. The third-order valence-electron chi connectivity index (χ3n) is 0.433. The predicted octanol–water partition coefficient (Wildman–Crippen LogP) is 2.67. The van der Waals surface area contributed by atoms with Gasteiger partial charge >= 0.3 is 0 Å².